The molecule has 2 N–H and O–H groups in total. The van der Waals surface area contributed by atoms with Crippen LogP contribution in [0.3, 0.4) is 0 Å². The number of carbonyl (C=O) groups excluding carboxylic acids is 1. The molecule has 33 heavy (non-hydrogen) atoms. The Hall–Kier alpha value is -3.18. The van der Waals surface area contributed by atoms with Crippen molar-refractivity contribution in [3.63, 3.8) is 0 Å². The van der Waals surface area contributed by atoms with Gasteiger partial charge in [-0.05, 0) is 23.3 Å². The van der Waals surface area contributed by atoms with Crippen molar-refractivity contribution in [2.75, 3.05) is 33.3 Å². The first-order valence-corrected chi connectivity index (χ1v) is 11.6. The van der Waals surface area contributed by atoms with Crippen molar-refractivity contribution < 1.29 is 18.4 Å². The number of ether oxygens (including phenoxy) is 1. The topological polar surface area (TPSA) is 52.3 Å². The van der Waals surface area contributed by atoms with E-state index in [0.29, 0.717) is 12.4 Å². The maximum atomic E-state index is 13.8. The van der Waals surface area contributed by atoms with Crippen molar-refractivity contribution in [2.24, 2.45) is 11.7 Å². The molecule has 0 bridgehead atoms. The van der Waals surface area contributed by atoms with Crippen molar-refractivity contribution >= 4 is 5.91 Å². The number of carbonyl (C=O) groups is 1. The Morgan fingerprint density at radius 3 is 2.15 bits per heavy atom. The Morgan fingerprint density at radius 1 is 1.00 bits per heavy atom. The first-order chi connectivity index (χ1) is 16.0. The number of hydrogen-bond donors (Lipinski definition) is 1. The zero-order valence-electron chi connectivity index (χ0n) is 19.1. The summed E-state index contributed by atoms with van der Waals surface area (Å²) in [4.78, 5) is 13.2. The van der Waals surface area contributed by atoms with Gasteiger partial charge in [-0.25, -0.2) is 4.39 Å². The van der Waals surface area contributed by atoms with Crippen molar-refractivity contribution in [1.82, 2.24) is 0 Å². The summed E-state index contributed by atoms with van der Waals surface area (Å²) in [6, 6.07) is 26.4. The lowest BCUT2D eigenvalue weighted by atomic mass is 9.64. The van der Waals surface area contributed by atoms with Gasteiger partial charge in [-0.1, -0.05) is 72.8 Å². The predicted octanol–water partition coefficient (Wildman–Crippen LogP) is 4.53. The van der Waals surface area contributed by atoms with Crippen molar-refractivity contribution in [2.45, 2.75) is 18.3 Å². The number of quaternary nitrogens is 1. The molecule has 5 heteroatoms. The lowest BCUT2D eigenvalue weighted by Crippen LogP contribution is -2.51. The van der Waals surface area contributed by atoms with E-state index >= 15 is 0 Å². The molecule has 3 aromatic carbocycles. The summed E-state index contributed by atoms with van der Waals surface area (Å²) in [6.45, 7) is 3.15. The average Bonchev–Trinajstić information content (AvgIpc) is 3.22. The van der Waals surface area contributed by atoms with Crippen molar-refractivity contribution in [1.29, 1.82) is 0 Å². The molecule has 1 aliphatic rings. The lowest BCUT2D eigenvalue weighted by molar-refractivity contribution is -0.899. The normalized spacial score (nSPS) is 20.5. The maximum absolute atomic E-state index is 13.8. The Labute approximate surface area is 195 Å². The van der Waals surface area contributed by atoms with E-state index < -0.39 is 5.41 Å². The van der Waals surface area contributed by atoms with Gasteiger partial charge in [0.25, 0.3) is 0 Å². The summed E-state index contributed by atoms with van der Waals surface area (Å²) in [6.07, 6.45) is 1.70. The summed E-state index contributed by atoms with van der Waals surface area (Å²) in [5, 5.41) is 0. The summed E-state index contributed by atoms with van der Waals surface area (Å²) in [7, 11) is 2.23. The number of primary amides is 1. The smallest absolute Gasteiger partial charge is 0.233 e. The van der Waals surface area contributed by atoms with Crippen LogP contribution in [0.2, 0.25) is 0 Å². The third kappa shape index (κ3) is 4.64. The third-order valence-corrected chi connectivity index (χ3v) is 7.07. The molecule has 0 aliphatic carbocycles. The van der Waals surface area contributed by atoms with Crippen LogP contribution in [0, 0.1) is 11.7 Å². The highest BCUT2D eigenvalue weighted by Gasteiger charge is 2.53. The zero-order chi connectivity index (χ0) is 23.3. The van der Waals surface area contributed by atoms with Crippen LogP contribution in [0.1, 0.15) is 24.0 Å². The van der Waals surface area contributed by atoms with Gasteiger partial charge in [0.1, 0.15) is 5.41 Å². The predicted molar refractivity (Wildman–Crippen MR) is 128 cm³/mol. The number of hydrogen-bond acceptors (Lipinski definition) is 2. The molecule has 4 rings (SSSR count). The monoisotopic (exact) mass is 447 g/mol. The van der Waals surface area contributed by atoms with E-state index in [0.717, 1.165) is 48.1 Å². The molecule has 0 aromatic heterocycles. The molecule has 2 atom stereocenters. The fourth-order valence-corrected chi connectivity index (χ4v) is 5.45. The van der Waals surface area contributed by atoms with Crippen LogP contribution in [0.4, 0.5) is 4.39 Å². The Morgan fingerprint density at radius 2 is 1.58 bits per heavy atom. The zero-order valence-corrected chi connectivity index (χ0v) is 19.1. The molecule has 4 nitrogen and oxygen atoms in total. The van der Waals surface area contributed by atoms with Crippen LogP contribution in [0.5, 0.6) is 5.75 Å². The van der Waals surface area contributed by atoms with Gasteiger partial charge in [0, 0.05) is 18.8 Å². The number of benzene rings is 3. The second-order valence-corrected chi connectivity index (χ2v) is 9.27. The number of nitrogens with zero attached hydrogens (tertiary/aromatic N) is 1. The van der Waals surface area contributed by atoms with E-state index in [-0.39, 0.29) is 17.6 Å². The minimum Gasteiger partial charge on any atom is -0.490 e. The molecular weight excluding hydrogens is 415 g/mol. The molecular formula is C28H32FN2O2+. The Kier molecular flexibility index (Phi) is 6.80. The van der Waals surface area contributed by atoms with Gasteiger partial charge in [-0.3, -0.25) is 4.79 Å². The van der Waals surface area contributed by atoms with Crippen LogP contribution in [0.15, 0.2) is 84.9 Å². The summed E-state index contributed by atoms with van der Waals surface area (Å²) in [5.41, 5.74) is 7.23. The van der Waals surface area contributed by atoms with E-state index in [1.807, 2.05) is 60.7 Å². The van der Waals surface area contributed by atoms with Gasteiger partial charge < -0.3 is 15.0 Å². The molecule has 1 aliphatic heterocycles. The van der Waals surface area contributed by atoms with Gasteiger partial charge in [0.2, 0.25) is 5.91 Å². The molecule has 3 aromatic rings. The number of rotatable bonds is 9. The lowest BCUT2D eigenvalue weighted by Gasteiger charge is -2.38. The second-order valence-electron chi connectivity index (χ2n) is 9.27. The highest BCUT2D eigenvalue weighted by Crippen LogP contribution is 2.45. The van der Waals surface area contributed by atoms with Crippen LogP contribution >= 0.6 is 0 Å². The highest BCUT2D eigenvalue weighted by molar-refractivity contribution is 5.91. The van der Waals surface area contributed by atoms with Crippen molar-refractivity contribution in [3.05, 3.63) is 102 Å². The summed E-state index contributed by atoms with van der Waals surface area (Å²) in [5.74, 6) is -0.269. The molecule has 1 fully saturated rings. The molecule has 1 amide bonds. The van der Waals surface area contributed by atoms with Gasteiger partial charge in [-0.2, -0.15) is 0 Å². The first-order valence-electron chi connectivity index (χ1n) is 11.6. The number of halogens is 1. The van der Waals surface area contributed by atoms with Crippen LogP contribution in [-0.4, -0.2) is 43.7 Å². The molecule has 0 spiro atoms. The Balaban J connectivity index is 1.53. The van der Waals surface area contributed by atoms with E-state index in [9.17, 15) is 9.18 Å². The van der Waals surface area contributed by atoms with Gasteiger partial charge >= 0.3 is 0 Å². The summed E-state index contributed by atoms with van der Waals surface area (Å²) >= 11 is 0. The number of para-hydroxylation sites is 1. The van der Waals surface area contributed by atoms with E-state index in [1.54, 1.807) is 18.2 Å². The van der Waals surface area contributed by atoms with Gasteiger partial charge in [-0.15, -0.1) is 0 Å². The van der Waals surface area contributed by atoms with E-state index in [2.05, 4.69) is 7.05 Å². The highest BCUT2D eigenvalue weighted by atomic mass is 19.1. The minimum absolute atomic E-state index is 0.0808. The second kappa shape index (κ2) is 9.75. The Bertz CT molecular complexity index is 1030. The standard InChI is InChI=1S/C28H31FN2O2/c1-31(18-10-20-33-26-16-9-8-15-25(26)29)19-17-24(21-31)28(27(30)32,22-11-4-2-5-12-22)23-13-6-3-7-14-23/h2-9,11-16,24H,10,17-21H2,1H3,(H-,30,32)/p+1/t24-,31?/m1/s1. The van der Waals surface area contributed by atoms with E-state index in [1.165, 1.54) is 6.07 Å². The minimum atomic E-state index is -0.873. The molecule has 1 heterocycles. The van der Waals surface area contributed by atoms with E-state index in [4.69, 9.17) is 10.5 Å². The van der Waals surface area contributed by atoms with Crippen molar-refractivity contribution in [3.8, 4) is 5.75 Å². The number of nitrogens with two attached hydrogens (primary N) is 1. The third-order valence-electron chi connectivity index (χ3n) is 7.07. The fourth-order valence-electron chi connectivity index (χ4n) is 5.45. The number of amides is 1. The molecule has 0 saturated carbocycles. The quantitative estimate of drug-likeness (QED) is 0.387. The van der Waals surface area contributed by atoms with Gasteiger partial charge in [0.05, 0.1) is 33.3 Å². The first kappa shape index (κ1) is 23.0. The van der Waals surface area contributed by atoms with Gasteiger partial charge in [0.15, 0.2) is 11.6 Å². The fraction of sp³-hybridized carbons (Fsp3) is 0.321. The molecule has 1 saturated heterocycles. The number of likely N-dealkylation sites (tertiary alicyclic amines) is 1. The van der Waals surface area contributed by atoms with Crippen LogP contribution in [-0.2, 0) is 10.2 Å². The van der Waals surface area contributed by atoms with Crippen LogP contribution in [0.25, 0.3) is 0 Å². The maximum Gasteiger partial charge on any atom is 0.233 e. The summed E-state index contributed by atoms with van der Waals surface area (Å²) < 4.78 is 20.3. The molecule has 172 valence electrons. The largest absolute Gasteiger partial charge is 0.490 e. The SMILES string of the molecule is C[N+]1(CCCOc2ccccc2F)CC[C@@H](C(C(N)=O)(c2ccccc2)c2ccccc2)C1. The average molecular weight is 448 g/mol. The van der Waals surface area contributed by atoms with Crippen LogP contribution < -0.4 is 10.5 Å². The molecule has 1 unspecified atom stereocenters. The molecule has 0 radical (unpaired) electrons.